The molecule has 2 fully saturated rings. The summed E-state index contributed by atoms with van der Waals surface area (Å²) in [5.74, 6) is 0.824. The lowest BCUT2D eigenvalue weighted by Gasteiger charge is -2.37. The molecule has 7 nitrogen and oxygen atoms in total. The van der Waals surface area contributed by atoms with Crippen LogP contribution in [0.5, 0.6) is 5.75 Å². The second kappa shape index (κ2) is 9.71. The van der Waals surface area contributed by atoms with E-state index in [-0.39, 0.29) is 18.2 Å². The Balaban J connectivity index is 1.61. The van der Waals surface area contributed by atoms with Crippen LogP contribution in [-0.4, -0.2) is 92.5 Å². The molecule has 1 aromatic carbocycles. The van der Waals surface area contributed by atoms with E-state index in [0.29, 0.717) is 13.1 Å². The van der Waals surface area contributed by atoms with Crippen molar-refractivity contribution in [1.82, 2.24) is 20.0 Å². The van der Waals surface area contributed by atoms with E-state index in [1.807, 2.05) is 41.3 Å². The molecule has 1 aromatic rings. The van der Waals surface area contributed by atoms with Crippen LogP contribution >= 0.6 is 0 Å². The number of methoxy groups -OCH3 is 1. The molecule has 7 heteroatoms. The number of hydrogen-bond donors (Lipinski definition) is 1. The topological polar surface area (TPSA) is 65.1 Å². The zero-order valence-corrected chi connectivity index (χ0v) is 16.8. The third-order valence-corrected chi connectivity index (χ3v) is 5.44. The van der Waals surface area contributed by atoms with Crippen molar-refractivity contribution < 1.29 is 14.3 Å². The molecule has 28 heavy (non-hydrogen) atoms. The molecule has 2 aliphatic rings. The maximum absolute atomic E-state index is 12.7. The number of benzene rings is 1. The third kappa shape index (κ3) is 5.11. The van der Waals surface area contributed by atoms with Crippen LogP contribution in [0.4, 0.5) is 0 Å². The van der Waals surface area contributed by atoms with Crippen LogP contribution in [0.15, 0.2) is 30.3 Å². The summed E-state index contributed by atoms with van der Waals surface area (Å²) in [5.41, 5.74) is 0.997. The quantitative estimate of drug-likeness (QED) is 0.779. The molecule has 0 radical (unpaired) electrons. The fraction of sp³-hybridized carbons (Fsp3) is 0.524. The van der Waals surface area contributed by atoms with Gasteiger partial charge in [-0.3, -0.25) is 14.5 Å². The normalized spacial score (nSPS) is 21.7. The SMILES string of the molecule is COc1ccccc1C=CCN1CCNC(=O)C1CC(=O)N1CCN(C)CC1. The van der Waals surface area contributed by atoms with Gasteiger partial charge in [-0.1, -0.05) is 30.4 Å². The molecule has 2 amide bonds. The van der Waals surface area contributed by atoms with Crippen LogP contribution < -0.4 is 10.1 Å². The van der Waals surface area contributed by atoms with E-state index in [1.54, 1.807) is 7.11 Å². The number of hydrogen-bond acceptors (Lipinski definition) is 5. The summed E-state index contributed by atoms with van der Waals surface area (Å²) < 4.78 is 5.37. The summed E-state index contributed by atoms with van der Waals surface area (Å²) in [7, 11) is 3.72. The fourth-order valence-electron chi connectivity index (χ4n) is 3.67. The van der Waals surface area contributed by atoms with Gasteiger partial charge in [0.15, 0.2) is 0 Å². The molecule has 0 saturated carbocycles. The van der Waals surface area contributed by atoms with Crippen molar-refractivity contribution in [3.63, 3.8) is 0 Å². The fourth-order valence-corrected chi connectivity index (χ4v) is 3.67. The largest absolute Gasteiger partial charge is 0.496 e. The molecule has 2 aliphatic heterocycles. The Morgan fingerprint density at radius 1 is 1.21 bits per heavy atom. The molecule has 2 saturated heterocycles. The zero-order valence-electron chi connectivity index (χ0n) is 16.8. The first-order valence-corrected chi connectivity index (χ1v) is 9.86. The maximum atomic E-state index is 12.7. The molecule has 0 aromatic heterocycles. The highest BCUT2D eigenvalue weighted by molar-refractivity contribution is 5.89. The Hall–Kier alpha value is -2.38. The first kappa shape index (κ1) is 20.4. The molecule has 0 spiro atoms. The monoisotopic (exact) mass is 386 g/mol. The van der Waals surface area contributed by atoms with Gasteiger partial charge >= 0.3 is 0 Å². The molecular weight excluding hydrogens is 356 g/mol. The van der Waals surface area contributed by atoms with Gasteiger partial charge in [0.25, 0.3) is 0 Å². The molecule has 2 heterocycles. The van der Waals surface area contributed by atoms with E-state index >= 15 is 0 Å². The summed E-state index contributed by atoms with van der Waals surface area (Å²) in [6.07, 6.45) is 4.27. The number of para-hydroxylation sites is 1. The Bertz CT molecular complexity index is 713. The van der Waals surface area contributed by atoms with Crippen molar-refractivity contribution in [3.8, 4) is 5.75 Å². The summed E-state index contributed by atoms with van der Waals surface area (Å²) in [4.78, 5) is 31.3. The van der Waals surface area contributed by atoms with Crippen LogP contribution in [0, 0.1) is 0 Å². The molecule has 152 valence electrons. The van der Waals surface area contributed by atoms with E-state index in [0.717, 1.165) is 44.0 Å². The molecule has 1 unspecified atom stereocenters. The number of carbonyl (C=O) groups excluding carboxylic acids is 2. The molecule has 3 rings (SSSR count). The number of nitrogens with zero attached hydrogens (tertiary/aromatic N) is 3. The molecule has 1 atom stereocenters. The number of likely N-dealkylation sites (N-methyl/N-ethyl adjacent to an activating group) is 1. The third-order valence-electron chi connectivity index (χ3n) is 5.44. The van der Waals surface area contributed by atoms with E-state index in [9.17, 15) is 9.59 Å². The molecule has 0 aliphatic carbocycles. The number of ether oxygens (including phenoxy) is 1. The standard InChI is InChI=1S/C21H30N4O3/c1-23-12-14-25(15-13-23)20(26)16-18-21(27)22-9-11-24(18)10-5-7-17-6-3-4-8-19(17)28-2/h3-8,18H,9-16H2,1-2H3,(H,22,27). The summed E-state index contributed by atoms with van der Waals surface area (Å²) in [6, 6.07) is 7.40. The van der Waals surface area contributed by atoms with E-state index in [1.165, 1.54) is 0 Å². The van der Waals surface area contributed by atoms with Crippen LogP contribution in [0.2, 0.25) is 0 Å². The van der Waals surface area contributed by atoms with Gasteiger partial charge in [-0.05, 0) is 13.1 Å². The van der Waals surface area contributed by atoms with Gasteiger partial charge in [0, 0.05) is 51.4 Å². The van der Waals surface area contributed by atoms with Crippen LogP contribution in [0.1, 0.15) is 12.0 Å². The van der Waals surface area contributed by atoms with Crippen LogP contribution in [-0.2, 0) is 9.59 Å². The predicted octanol–water partition coefficient (Wildman–Crippen LogP) is 0.673. The van der Waals surface area contributed by atoms with E-state index < -0.39 is 6.04 Å². The van der Waals surface area contributed by atoms with E-state index in [2.05, 4.69) is 22.2 Å². The number of nitrogens with one attached hydrogen (secondary N) is 1. The summed E-state index contributed by atoms with van der Waals surface area (Å²) in [6.45, 7) is 5.20. The lowest BCUT2D eigenvalue weighted by atomic mass is 10.1. The zero-order chi connectivity index (χ0) is 19.9. The molecular formula is C21H30N4O3. The Kier molecular flexibility index (Phi) is 7.06. The summed E-state index contributed by atoms with van der Waals surface area (Å²) in [5, 5.41) is 2.90. The predicted molar refractivity (Wildman–Crippen MR) is 109 cm³/mol. The Morgan fingerprint density at radius 2 is 1.96 bits per heavy atom. The number of rotatable bonds is 6. The highest BCUT2D eigenvalue weighted by atomic mass is 16.5. The molecule has 0 bridgehead atoms. The van der Waals surface area contributed by atoms with Crippen molar-refractivity contribution in [1.29, 1.82) is 0 Å². The summed E-state index contributed by atoms with van der Waals surface area (Å²) >= 11 is 0. The Labute approximate surface area is 166 Å². The van der Waals surface area contributed by atoms with Gasteiger partial charge in [0.1, 0.15) is 5.75 Å². The average Bonchev–Trinajstić information content (AvgIpc) is 2.71. The van der Waals surface area contributed by atoms with Gasteiger partial charge in [-0.25, -0.2) is 0 Å². The average molecular weight is 386 g/mol. The molecule has 1 N–H and O–H groups in total. The maximum Gasteiger partial charge on any atom is 0.237 e. The van der Waals surface area contributed by atoms with Crippen molar-refractivity contribution in [2.24, 2.45) is 0 Å². The minimum absolute atomic E-state index is 0.0561. The smallest absolute Gasteiger partial charge is 0.237 e. The minimum atomic E-state index is -0.414. The van der Waals surface area contributed by atoms with Crippen molar-refractivity contribution in [2.75, 3.05) is 60.0 Å². The van der Waals surface area contributed by atoms with Gasteiger partial charge in [0.05, 0.1) is 19.6 Å². The van der Waals surface area contributed by atoms with Crippen LogP contribution in [0.25, 0.3) is 6.08 Å². The Morgan fingerprint density at radius 3 is 2.71 bits per heavy atom. The van der Waals surface area contributed by atoms with Gasteiger partial charge in [0.2, 0.25) is 11.8 Å². The lowest BCUT2D eigenvalue weighted by molar-refractivity contribution is -0.139. The van der Waals surface area contributed by atoms with Crippen LogP contribution in [0.3, 0.4) is 0 Å². The van der Waals surface area contributed by atoms with Gasteiger partial charge in [-0.2, -0.15) is 0 Å². The second-order valence-corrected chi connectivity index (χ2v) is 7.33. The van der Waals surface area contributed by atoms with Crippen molar-refractivity contribution in [3.05, 3.63) is 35.9 Å². The second-order valence-electron chi connectivity index (χ2n) is 7.33. The minimum Gasteiger partial charge on any atom is -0.496 e. The first-order valence-electron chi connectivity index (χ1n) is 9.86. The van der Waals surface area contributed by atoms with Crippen molar-refractivity contribution >= 4 is 17.9 Å². The van der Waals surface area contributed by atoms with Gasteiger partial charge in [-0.15, -0.1) is 0 Å². The van der Waals surface area contributed by atoms with Gasteiger partial charge < -0.3 is 19.9 Å². The highest BCUT2D eigenvalue weighted by Crippen LogP contribution is 2.19. The number of amides is 2. The van der Waals surface area contributed by atoms with Crippen molar-refractivity contribution in [2.45, 2.75) is 12.5 Å². The highest BCUT2D eigenvalue weighted by Gasteiger charge is 2.32. The lowest BCUT2D eigenvalue weighted by Crippen LogP contribution is -2.57. The first-order chi connectivity index (χ1) is 13.6. The number of carbonyl (C=O) groups is 2. The van der Waals surface area contributed by atoms with E-state index in [4.69, 9.17) is 4.74 Å². The number of piperazine rings is 2.